The second-order valence-electron chi connectivity index (χ2n) is 11.6. The fourth-order valence-corrected chi connectivity index (χ4v) is 3.98. The smallest absolute Gasteiger partial charge is 0.144 e. The third-order valence-corrected chi connectivity index (χ3v) is 5.86. The van der Waals surface area contributed by atoms with Crippen molar-refractivity contribution in [2.24, 2.45) is 0 Å². The van der Waals surface area contributed by atoms with Gasteiger partial charge in [-0.2, -0.15) is 0 Å². The quantitative estimate of drug-likeness (QED) is 0.605. The van der Waals surface area contributed by atoms with Crippen LogP contribution in [0.4, 0.5) is 0 Å². The zero-order valence-corrected chi connectivity index (χ0v) is 20.5. The number of nitrogens with zero attached hydrogens (tertiary/aromatic N) is 2. The second-order valence-corrected chi connectivity index (χ2v) is 11.6. The Morgan fingerprint density at radius 1 is 0.800 bits per heavy atom. The Morgan fingerprint density at radius 2 is 1.33 bits per heavy atom. The van der Waals surface area contributed by atoms with Crippen LogP contribution in [0.2, 0.25) is 0 Å². The molecule has 154 valence electrons. The van der Waals surface area contributed by atoms with Crippen molar-refractivity contribution < 1.29 is 0 Å². The topological polar surface area (TPSA) is 17.8 Å². The van der Waals surface area contributed by atoms with Gasteiger partial charge in [-0.05, 0) is 45.1 Å². The van der Waals surface area contributed by atoms with Gasteiger partial charge in [-0.3, -0.25) is 4.57 Å². The highest BCUT2D eigenvalue weighted by molar-refractivity contribution is 6.18. The standard InChI is InChI=1S/C25H35B3N2/c1-16-10-8-9-11-18(16)22-29-12-13-30(22)21-19(24(4,5)27)14-17(23(2,3)26)15-20(21)25(6,7)28/h8-15H,26-28H2,1-7H3. The summed E-state index contributed by atoms with van der Waals surface area (Å²) in [6.45, 7) is 16.0. The number of benzene rings is 2. The van der Waals surface area contributed by atoms with E-state index in [0.29, 0.717) is 0 Å². The van der Waals surface area contributed by atoms with Gasteiger partial charge >= 0.3 is 0 Å². The van der Waals surface area contributed by atoms with Crippen LogP contribution >= 0.6 is 0 Å². The number of imidazole rings is 1. The van der Waals surface area contributed by atoms with E-state index in [9.17, 15) is 0 Å². The van der Waals surface area contributed by atoms with Crippen molar-refractivity contribution in [3.8, 4) is 17.1 Å². The summed E-state index contributed by atoms with van der Waals surface area (Å²) >= 11 is 0. The summed E-state index contributed by atoms with van der Waals surface area (Å²) in [5, 5.41) is 0.0973. The lowest BCUT2D eigenvalue weighted by Gasteiger charge is -2.34. The molecule has 0 radical (unpaired) electrons. The van der Waals surface area contributed by atoms with Gasteiger partial charge in [0.15, 0.2) is 0 Å². The van der Waals surface area contributed by atoms with Gasteiger partial charge in [0, 0.05) is 18.0 Å². The first kappa shape index (κ1) is 22.5. The van der Waals surface area contributed by atoms with Crippen molar-refractivity contribution in [2.75, 3.05) is 0 Å². The molecule has 1 heterocycles. The number of hydrogen-bond donors (Lipinski definition) is 0. The van der Waals surface area contributed by atoms with Gasteiger partial charge in [0.05, 0.1) is 5.69 Å². The zero-order chi connectivity index (χ0) is 22.5. The van der Waals surface area contributed by atoms with Gasteiger partial charge in [0.2, 0.25) is 0 Å². The maximum absolute atomic E-state index is 4.80. The molecule has 0 unspecified atom stereocenters. The molecule has 1 aromatic heterocycles. The van der Waals surface area contributed by atoms with E-state index in [1.54, 1.807) is 0 Å². The van der Waals surface area contributed by atoms with Crippen molar-refractivity contribution in [3.63, 3.8) is 0 Å². The summed E-state index contributed by atoms with van der Waals surface area (Å²) < 4.78 is 2.32. The van der Waals surface area contributed by atoms with Crippen LogP contribution in [-0.4, -0.2) is 33.1 Å². The average Bonchev–Trinajstić information content (AvgIpc) is 3.07. The Bertz CT molecular complexity index is 1030. The normalized spacial score (nSPS) is 12.9. The third kappa shape index (κ3) is 4.31. The minimum absolute atomic E-state index is 0.00384. The van der Waals surface area contributed by atoms with Crippen LogP contribution < -0.4 is 0 Å². The molecular formula is C25H35B3N2. The van der Waals surface area contributed by atoms with Gasteiger partial charge in [-0.1, -0.05) is 77.9 Å². The lowest BCUT2D eigenvalue weighted by Crippen LogP contribution is -2.29. The Morgan fingerprint density at radius 3 is 1.80 bits per heavy atom. The van der Waals surface area contributed by atoms with Crippen molar-refractivity contribution in [1.29, 1.82) is 0 Å². The minimum Gasteiger partial charge on any atom is -0.299 e. The molecule has 5 heteroatoms. The van der Waals surface area contributed by atoms with Crippen LogP contribution in [0.5, 0.6) is 0 Å². The first-order valence-corrected chi connectivity index (χ1v) is 11.0. The predicted molar refractivity (Wildman–Crippen MR) is 138 cm³/mol. The van der Waals surface area contributed by atoms with E-state index in [1.165, 1.54) is 33.5 Å². The molecule has 0 N–H and O–H groups in total. The van der Waals surface area contributed by atoms with Crippen LogP contribution in [-0.2, 0) is 15.9 Å². The molecule has 30 heavy (non-hydrogen) atoms. The van der Waals surface area contributed by atoms with Gasteiger partial charge in [0.1, 0.15) is 29.4 Å². The lowest BCUT2D eigenvalue weighted by molar-refractivity contribution is 0.697. The van der Waals surface area contributed by atoms with Crippen LogP contribution in [0.25, 0.3) is 17.1 Å². The summed E-state index contributed by atoms with van der Waals surface area (Å²) in [5.74, 6) is 1.01. The molecule has 0 fully saturated rings. The third-order valence-electron chi connectivity index (χ3n) is 5.86. The summed E-state index contributed by atoms with van der Waals surface area (Å²) in [6, 6.07) is 13.4. The lowest BCUT2D eigenvalue weighted by atomic mass is 9.59. The first-order valence-electron chi connectivity index (χ1n) is 11.0. The Hall–Kier alpha value is -2.16. The fourth-order valence-electron chi connectivity index (χ4n) is 3.98. The summed E-state index contributed by atoms with van der Waals surface area (Å²) in [5.41, 5.74) is 7.82. The second kappa shape index (κ2) is 7.52. The van der Waals surface area contributed by atoms with Crippen molar-refractivity contribution in [3.05, 3.63) is 71.0 Å². The molecule has 2 nitrogen and oxygen atoms in total. The molecule has 0 aliphatic rings. The predicted octanol–water partition coefficient (Wildman–Crippen LogP) is 3.45. The maximum atomic E-state index is 4.80. The summed E-state index contributed by atoms with van der Waals surface area (Å²) in [7, 11) is 6.93. The van der Waals surface area contributed by atoms with Crippen molar-refractivity contribution >= 4 is 23.5 Å². The highest BCUT2D eigenvalue weighted by Crippen LogP contribution is 2.39. The van der Waals surface area contributed by atoms with Gasteiger partial charge < -0.3 is 0 Å². The number of aryl methyl sites for hydroxylation is 1. The molecule has 0 amide bonds. The number of rotatable bonds is 5. The molecule has 0 bridgehead atoms. The van der Waals surface area contributed by atoms with Crippen LogP contribution in [0.3, 0.4) is 0 Å². The number of aromatic nitrogens is 2. The molecular weight excluding hydrogens is 361 g/mol. The SMILES string of the molecule is BC(C)(C)c1cc(C(B)(C)C)c(-n2ccnc2-c2ccccc2C)c(C(B)(C)C)c1. The molecule has 3 aromatic rings. The van der Waals surface area contributed by atoms with E-state index in [0.717, 1.165) is 5.82 Å². The van der Waals surface area contributed by atoms with E-state index in [-0.39, 0.29) is 15.9 Å². The van der Waals surface area contributed by atoms with Crippen LogP contribution in [0.1, 0.15) is 63.8 Å². The summed E-state index contributed by atoms with van der Waals surface area (Å²) in [4.78, 5) is 4.80. The molecule has 0 saturated heterocycles. The molecule has 2 aromatic carbocycles. The minimum atomic E-state index is 0.00384. The van der Waals surface area contributed by atoms with Crippen molar-refractivity contribution in [2.45, 2.75) is 64.4 Å². The van der Waals surface area contributed by atoms with Gasteiger partial charge in [-0.25, -0.2) is 4.98 Å². The van der Waals surface area contributed by atoms with E-state index < -0.39 is 0 Å². The zero-order valence-electron chi connectivity index (χ0n) is 20.5. The highest BCUT2D eigenvalue weighted by atomic mass is 15.1. The average molecular weight is 396 g/mol. The van der Waals surface area contributed by atoms with Crippen LogP contribution in [0, 0.1) is 6.92 Å². The molecule has 0 saturated carbocycles. The Kier molecular flexibility index (Phi) is 5.64. The Balaban J connectivity index is 2.44. The van der Waals surface area contributed by atoms with Crippen molar-refractivity contribution in [1.82, 2.24) is 9.55 Å². The molecule has 0 aliphatic carbocycles. The fraction of sp³-hybridized carbons (Fsp3) is 0.400. The summed E-state index contributed by atoms with van der Waals surface area (Å²) in [6.07, 6.45) is 4.05. The molecule has 0 atom stereocenters. The largest absolute Gasteiger partial charge is 0.299 e. The molecule has 3 rings (SSSR count). The maximum Gasteiger partial charge on any atom is 0.144 e. The molecule has 0 spiro atoms. The Labute approximate surface area is 185 Å². The van der Waals surface area contributed by atoms with Gasteiger partial charge in [0.25, 0.3) is 0 Å². The monoisotopic (exact) mass is 396 g/mol. The first-order chi connectivity index (χ1) is 13.7. The van der Waals surface area contributed by atoms with E-state index in [2.05, 4.69) is 119 Å². The van der Waals surface area contributed by atoms with Crippen LogP contribution in [0.15, 0.2) is 48.8 Å². The number of hydrogen-bond acceptors (Lipinski definition) is 1. The van der Waals surface area contributed by atoms with E-state index >= 15 is 0 Å². The van der Waals surface area contributed by atoms with Gasteiger partial charge in [-0.15, -0.1) is 0 Å². The van der Waals surface area contributed by atoms with E-state index in [1.807, 2.05) is 6.20 Å². The van der Waals surface area contributed by atoms with E-state index in [4.69, 9.17) is 4.98 Å². The molecule has 0 aliphatic heterocycles. The highest BCUT2D eigenvalue weighted by Gasteiger charge is 2.30.